The van der Waals surface area contributed by atoms with Gasteiger partial charge < -0.3 is 4.74 Å². The summed E-state index contributed by atoms with van der Waals surface area (Å²) in [7, 11) is 0. The smallest absolute Gasteiger partial charge is 0.323 e. The lowest BCUT2D eigenvalue weighted by atomic mass is 9.89. The number of hydrogen-bond acceptors (Lipinski definition) is 3. The molecule has 0 bridgehead atoms. The van der Waals surface area contributed by atoms with Crippen molar-refractivity contribution in [2.75, 3.05) is 19.7 Å². The second-order valence-corrected chi connectivity index (χ2v) is 5.78. The van der Waals surface area contributed by atoms with Crippen LogP contribution in [0.3, 0.4) is 0 Å². The van der Waals surface area contributed by atoms with E-state index in [1.165, 1.54) is 17.7 Å². The van der Waals surface area contributed by atoms with Crippen molar-refractivity contribution in [3.05, 3.63) is 35.6 Å². The Bertz CT molecular complexity index is 466. The summed E-state index contributed by atoms with van der Waals surface area (Å²) in [6, 6.07) is 6.78. The monoisotopic (exact) mass is 277 g/mol. The Morgan fingerprint density at radius 3 is 2.45 bits per heavy atom. The number of rotatable bonds is 3. The van der Waals surface area contributed by atoms with Crippen LogP contribution in [0.15, 0.2) is 24.3 Å². The van der Waals surface area contributed by atoms with Gasteiger partial charge in [0.05, 0.1) is 6.61 Å². The lowest BCUT2D eigenvalue weighted by Gasteiger charge is -2.34. The molecule has 1 aromatic rings. The van der Waals surface area contributed by atoms with Crippen molar-refractivity contribution < 1.29 is 13.9 Å². The number of ether oxygens (including phenoxy) is 1. The van der Waals surface area contributed by atoms with Crippen molar-refractivity contribution in [1.82, 2.24) is 4.90 Å². The Labute approximate surface area is 118 Å². The minimum absolute atomic E-state index is 0.0122. The van der Waals surface area contributed by atoms with Crippen LogP contribution in [-0.2, 0) is 16.0 Å². The van der Waals surface area contributed by atoms with Crippen LogP contribution in [0.1, 0.15) is 24.8 Å². The first kappa shape index (κ1) is 13.6. The third-order valence-corrected chi connectivity index (χ3v) is 4.44. The van der Waals surface area contributed by atoms with E-state index < -0.39 is 0 Å². The molecule has 2 aliphatic heterocycles. The fraction of sp³-hybridized carbons (Fsp3) is 0.562. The van der Waals surface area contributed by atoms with Crippen LogP contribution >= 0.6 is 0 Å². The summed E-state index contributed by atoms with van der Waals surface area (Å²) in [4.78, 5) is 13.8. The van der Waals surface area contributed by atoms with Crippen LogP contribution in [0.25, 0.3) is 0 Å². The Kier molecular flexibility index (Phi) is 4.01. The number of esters is 1. The molecule has 0 saturated carbocycles. The number of likely N-dealkylation sites (tertiary alicyclic amines) is 1. The standard InChI is InChI=1S/C16H20FNO2/c17-14-3-1-12(2-4-14)11-13-5-8-18(9-6-13)15-7-10-20-16(15)19/h1-4,13,15H,5-11H2. The van der Waals surface area contributed by atoms with Crippen LogP contribution in [-0.4, -0.2) is 36.6 Å². The molecule has 1 atom stereocenters. The third kappa shape index (κ3) is 3.01. The van der Waals surface area contributed by atoms with Crippen molar-refractivity contribution in [3.8, 4) is 0 Å². The minimum atomic E-state index is -0.177. The van der Waals surface area contributed by atoms with E-state index in [-0.39, 0.29) is 17.8 Å². The molecule has 2 saturated heterocycles. The predicted octanol–water partition coefficient (Wildman–Crippen LogP) is 2.40. The van der Waals surface area contributed by atoms with E-state index in [9.17, 15) is 9.18 Å². The van der Waals surface area contributed by atoms with Gasteiger partial charge in [0, 0.05) is 6.42 Å². The quantitative estimate of drug-likeness (QED) is 0.795. The van der Waals surface area contributed by atoms with Gasteiger partial charge in [-0.2, -0.15) is 0 Å². The second kappa shape index (κ2) is 5.92. The molecule has 0 aromatic heterocycles. The molecule has 0 amide bonds. The molecule has 3 nitrogen and oxygen atoms in total. The summed E-state index contributed by atoms with van der Waals surface area (Å²) in [6.45, 7) is 2.50. The molecule has 2 fully saturated rings. The van der Waals surface area contributed by atoms with Gasteiger partial charge in [-0.25, -0.2) is 4.39 Å². The van der Waals surface area contributed by atoms with Gasteiger partial charge in [0.15, 0.2) is 0 Å². The number of hydrogen-bond donors (Lipinski definition) is 0. The van der Waals surface area contributed by atoms with Gasteiger partial charge in [0.1, 0.15) is 11.9 Å². The van der Waals surface area contributed by atoms with Gasteiger partial charge in [-0.15, -0.1) is 0 Å². The fourth-order valence-electron chi connectivity index (χ4n) is 3.24. The Hall–Kier alpha value is -1.42. The number of carbonyl (C=O) groups excluding carboxylic acids is 1. The summed E-state index contributed by atoms with van der Waals surface area (Å²) in [6.07, 6.45) is 4.03. The lowest BCUT2D eigenvalue weighted by molar-refractivity contribution is -0.142. The predicted molar refractivity (Wildman–Crippen MR) is 73.8 cm³/mol. The summed E-state index contributed by atoms with van der Waals surface area (Å²) in [5.41, 5.74) is 1.20. The van der Waals surface area contributed by atoms with Crippen molar-refractivity contribution in [1.29, 1.82) is 0 Å². The summed E-state index contributed by atoms with van der Waals surface area (Å²) < 4.78 is 17.9. The van der Waals surface area contributed by atoms with E-state index in [0.717, 1.165) is 38.8 Å². The van der Waals surface area contributed by atoms with Crippen LogP contribution in [0.5, 0.6) is 0 Å². The highest BCUT2D eigenvalue weighted by molar-refractivity contribution is 5.77. The largest absolute Gasteiger partial charge is 0.464 e. The van der Waals surface area contributed by atoms with E-state index in [2.05, 4.69) is 4.90 Å². The maximum absolute atomic E-state index is 12.9. The molecule has 3 rings (SSSR count). The molecular formula is C16H20FNO2. The average molecular weight is 277 g/mol. The van der Waals surface area contributed by atoms with Gasteiger partial charge in [-0.1, -0.05) is 12.1 Å². The Morgan fingerprint density at radius 1 is 1.15 bits per heavy atom. The van der Waals surface area contributed by atoms with Crippen molar-refractivity contribution in [2.24, 2.45) is 5.92 Å². The number of piperidine rings is 1. The second-order valence-electron chi connectivity index (χ2n) is 5.78. The normalized spacial score (nSPS) is 24.9. The average Bonchev–Trinajstić information content (AvgIpc) is 2.89. The minimum Gasteiger partial charge on any atom is -0.464 e. The van der Waals surface area contributed by atoms with E-state index in [4.69, 9.17) is 4.74 Å². The molecule has 20 heavy (non-hydrogen) atoms. The molecule has 108 valence electrons. The van der Waals surface area contributed by atoms with Gasteiger partial charge in [0.2, 0.25) is 0 Å². The van der Waals surface area contributed by atoms with Crippen molar-refractivity contribution in [2.45, 2.75) is 31.7 Å². The maximum Gasteiger partial charge on any atom is 0.323 e. The SMILES string of the molecule is O=C1OCCC1N1CCC(Cc2ccc(F)cc2)CC1. The van der Waals surface area contributed by atoms with Crippen LogP contribution in [0.2, 0.25) is 0 Å². The highest BCUT2D eigenvalue weighted by atomic mass is 19.1. The molecular weight excluding hydrogens is 257 g/mol. The number of cyclic esters (lactones) is 1. The van der Waals surface area contributed by atoms with E-state index in [1.807, 2.05) is 12.1 Å². The molecule has 0 radical (unpaired) electrons. The van der Waals surface area contributed by atoms with Gasteiger partial charge in [-0.05, 0) is 56.0 Å². The topological polar surface area (TPSA) is 29.5 Å². The van der Waals surface area contributed by atoms with E-state index in [1.54, 1.807) is 0 Å². The van der Waals surface area contributed by atoms with Crippen LogP contribution in [0.4, 0.5) is 4.39 Å². The first-order chi connectivity index (χ1) is 9.72. The van der Waals surface area contributed by atoms with Gasteiger partial charge >= 0.3 is 5.97 Å². The molecule has 0 aliphatic carbocycles. The highest BCUT2D eigenvalue weighted by Crippen LogP contribution is 2.25. The zero-order chi connectivity index (χ0) is 13.9. The first-order valence-corrected chi connectivity index (χ1v) is 7.37. The van der Waals surface area contributed by atoms with Crippen molar-refractivity contribution in [3.63, 3.8) is 0 Å². The highest BCUT2D eigenvalue weighted by Gasteiger charge is 2.34. The van der Waals surface area contributed by atoms with E-state index >= 15 is 0 Å². The van der Waals surface area contributed by atoms with Crippen LogP contribution < -0.4 is 0 Å². The fourth-order valence-corrected chi connectivity index (χ4v) is 3.24. The molecule has 0 N–H and O–H groups in total. The summed E-state index contributed by atoms with van der Waals surface area (Å²) in [5.74, 6) is 0.402. The van der Waals surface area contributed by atoms with Gasteiger partial charge in [0.25, 0.3) is 0 Å². The Morgan fingerprint density at radius 2 is 1.85 bits per heavy atom. The zero-order valence-electron chi connectivity index (χ0n) is 11.6. The lowest BCUT2D eigenvalue weighted by Crippen LogP contribution is -2.43. The summed E-state index contributed by atoms with van der Waals surface area (Å²) in [5, 5.41) is 0. The third-order valence-electron chi connectivity index (χ3n) is 4.44. The number of benzene rings is 1. The molecule has 0 spiro atoms. The van der Waals surface area contributed by atoms with Gasteiger partial charge in [-0.3, -0.25) is 9.69 Å². The molecule has 2 heterocycles. The number of halogens is 1. The molecule has 1 unspecified atom stereocenters. The first-order valence-electron chi connectivity index (χ1n) is 7.37. The Balaban J connectivity index is 1.51. The summed E-state index contributed by atoms with van der Waals surface area (Å²) >= 11 is 0. The molecule has 1 aromatic carbocycles. The molecule has 2 aliphatic rings. The number of nitrogens with zero attached hydrogens (tertiary/aromatic N) is 1. The maximum atomic E-state index is 12.9. The van der Waals surface area contributed by atoms with E-state index in [0.29, 0.717) is 12.5 Å². The van der Waals surface area contributed by atoms with Crippen molar-refractivity contribution >= 4 is 5.97 Å². The molecule has 4 heteroatoms. The number of carbonyl (C=O) groups is 1. The van der Waals surface area contributed by atoms with Crippen LogP contribution in [0, 0.1) is 11.7 Å². The zero-order valence-corrected chi connectivity index (χ0v) is 11.6.